The second-order valence-corrected chi connectivity index (χ2v) is 11.4. The molecule has 254 valence electrons. The van der Waals surface area contributed by atoms with Crippen LogP contribution in [0.15, 0.2) is 48.7 Å². The highest BCUT2D eigenvalue weighted by Gasteiger charge is 2.45. The van der Waals surface area contributed by atoms with E-state index in [9.17, 15) is 49.4 Å². The van der Waals surface area contributed by atoms with Gasteiger partial charge in [-0.1, -0.05) is 6.92 Å². The molecule has 3 aromatic rings. The highest BCUT2D eigenvalue weighted by Crippen LogP contribution is 2.46. The number of aromatic nitrogens is 1. The Morgan fingerprint density at radius 1 is 0.915 bits per heavy atom. The Morgan fingerprint density at radius 2 is 1.51 bits per heavy atom. The van der Waals surface area contributed by atoms with Gasteiger partial charge in [0.15, 0.2) is 0 Å². The van der Waals surface area contributed by atoms with Crippen molar-refractivity contribution in [2.24, 2.45) is 5.73 Å². The Balaban J connectivity index is 1.74. The van der Waals surface area contributed by atoms with Crippen molar-refractivity contribution in [3.8, 4) is 0 Å². The lowest BCUT2D eigenvalue weighted by Gasteiger charge is -2.44. The highest BCUT2D eigenvalue weighted by atomic mass is 19.4. The number of hydrogen-bond donors (Lipinski definition) is 2. The zero-order chi connectivity index (χ0) is 34.5. The molecule has 2 aliphatic heterocycles. The summed E-state index contributed by atoms with van der Waals surface area (Å²) in [7, 11) is 0. The zero-order valence-electron chi connectivity index (χ0n) is 24.7. The molecule has 2 aromatic carbocycles. The van der Waals surface area contributed by atoms with E-state index in [1.54, 1.807) is 6.92 Å². The van der Waals surface area contributed by atoms with Gasteiger partial charge in [-0.05, 0) is 72.0 Å². The number of nitrogens with zero attached hydrogens (tertiary/aromatic N) is 3. The summed E-state index contributed by atoms with van der Waals surface area (Å²) in [5.41, 5.74) is 2.43. The van der Waals surface area contributed by atoms with Crippen molar-refractivity contribution in [1.29, 1.82) is 0 Å². The molecule has 1 saturated heterocycles. The van der Waals surface area contributed by atoms with Gasteiger partial charge in [-0.25, -0.2) is 4.79 Å². The number of ether oxygens (including phenoxy) is 1. The predicted molar refractivity (Wildman–Crippen MR) is 152 cm³/mol. The van der Waals surface area contributed by atoms with Crippen LogP contribution >= 0.6 is 0 Å². The van der Waals surface area contributed by atoms with E-state index in [2.05, 4.69) is 4.98 Å². The summed E-state index contributed by atoms with van der Waals surface area (Å²) in [5.74, 6) is -1.21. The van der Waals surface area contributed by atoms with Crippen molar-refractivity contribution in [1.82, 2.24) is 4.98 Å². The van der Waals surface area contributed by atoms with Crippen LogP contribution in [0.4, 0.5) is 55.7 Å². The number of anilines is 2. The van der Waals surface area contributed by atoms with Crippen molar-refractivity contribution in [2.45, 2.75) is 56.3 Å². The molecule has 3 atom stereocenters. The third-order valence-electron chi connectivity index (χ3n) is 8.43. The number of benzene rings is 2. The van der Waals surface area contributed by atoms with Gasteiger partial charge in [-0.3, -0.25) is 9.88 Å². The number of pyridine rings is 1. The van der Waals surface area contributed by atoms with E-state index in [-0.39, 0.29) is 40.6 Å². The maximum absolute atomic E-state index is 13.9. The maximum Gasteiger partial charge on any atom is 0.416 e. The first kappa shape index (κ1) is 34.3. The van der Waals surface area contributed by atoms with Crippen molar-refractivity contribution >= 4 is 17.5 Å². The smallest absolute Gasteiger partial charge is 0.416 e. The van der Waals surface area contributed by atoms with E-state index in [1.807, 2.05) is 4.90 Å². The molecule has 0 bridgehead atoms. The monoisotopic (exact) mass is 676 g/mol. The second kappa shape index (κ2) is 12.5. The number of carbonyl (C=O) groups is 1. The fourth-order valence-electron chi connectivity index (χ4n) is 6.27. The van der Waals surface area contributed by atoms with E-state index in [0.29, 0.717) is 44.1 Å². The summed E-state index contributed by atoms with van der Waals surface area (Å²) in [5, 5.41) is 10.0. The number of rotatable bonds is 5. The fraction of sp³-hybridized carbons (Fsp3) is 0.419. The second-order valence-electron chi connectivity index (χ2n) is 11.4. The average molecular weight is 677 g/mol. The molecule has 16 heteroatoms. The van der Waals surface area contributed by atoms with Crippen LogP contribution in [0.2, 0.25) is 0 Å². The van der Waals surface area contributed by atoms with Crippen molar-refractivity contribution in [3.63, 3.8) is 0 Å². The maximum atomic E-state index is 13.9. The predicted octanol–water partition coefficient (Wildman–Crippen LogP) is 7.30. The number of alkyl halides is 9. The minimum atomic E-state index is -5.11. The van der Waals surface area contributed by atoms with Gasteiger partial charge in [0.1, 0.15) is 0 Å². The van der Waals surface area contributed by atoms with Gasteiger partial charge in [0.2, 0.25) is 0 Å². The van der Waals surface area contributed by atoms with Crippen LogP contribution in [0.3, 0.4) is 0 Å². The number of amides is 1. The van der Waals surface area contributed by atoms with E-state index < -0.39 is 65.7 Å². The quantitative estimate of drug-likeness (QED) is 0.276. The van der Waals surface area contributed by atoms with E-state index >= 15 is 0 Å². The van der Waals surface area contributed by atoms with E-state index in [4.69, 9.17) is 10.5 Å². The molecule has 47 heavy (non-hydrogen) atoms. The molecule has 7 nitrogen and oxygen atoms in total. The van der Waals surface area contributed by atoms with Crippen LogP contribution in [-0.4, -0.2) is 54.6 Å². The van der Waals surface area contributed by atoms with Crippen molar-refractivity contribution in [2.75, 3.05) is 36.1 Å². The molecule has 3 heterocycles. The van der Waals surface area contributed by atoms with Crippen LogP contribution < -0.4 is 15.5 Å². The van der Waals surface area contributed by atoms with Crippen molar-refractivity contribution < 1.29 is 54.2 Å². The summed E-state index contributed by atoms with van der Waals surface area (Å²) < 4.78 is 129. The number of halogens is 9. The molecule has 1 aromatic heterocycles. The number of hydrogen-bond acceptors (Lipinski definition) is 5. The lowest BCUT2D eigenvalue weighted by atomic mass is 9.76. The first-order valence-electron chi connectivity index (χ1n) is 14.5. The minimum absolute atomic E-state index is 0.00421. The van der Waals surface area contributed by atoms with Crippen LogP contribution in [0.25, 0.3) is 0 Å². The minimum Gasteiger partial charge on any atom is -0.465 e. The molecule has 0 spiro atoms. The summed E-state index contributed by atoms with van der Waals surface area (Å²) in [6, 6.07) is 3.03. The van der Waals surface area contributed by atoms with Crippen LogP contribution in [0, 0.1) is 0 Å². The van der Waals surface area contributed by atoms with Gasteiger partial charge < -0.3 is 20.5 Å². The van der Waals surface area contributed by atoms with E-state index in [0.717, 1.165) is 23.1 Å². The summed E-state index contributed by atoms with van der Waals surface area (Å²) >= 11 is 0. The first-order chi connectivity index (χ1) is 21.9. The molecule has 5 rings (SSSR count). The Kier molecular flexibility index (Phi) is 9.14. The Morgan fingerprint density at radius 3 is 2.04 bits per heavy atom. The molecule has 0 radical (unpaired) electrons. The van der Waals surface area contributed by atoms with Gasteiger partial charge in [-0.15, -0.1) is 0 Å². The average Bonchev–Trinajstić information content (AvgIpc) is 2.99. The van der Waals surface area contributed by atoms with Crippen LogP contribution in [0.5, 0.6) is 0 Å². The Labute approximate surface area is 262 Å². The largest absolute Gasteiger partial charge is 0.465 e. The summed E-state index contributed by atoms with van der Waals surface area (Å²) in [4.78, 5) is 19.6. The van der Waals surface area contributed by atoms with Crippen LogP contribution in [-0.2, 0) is 29.7 Å². The number of carboxylic acid groups (broad SMARTS) is 1. The van der Waals surface area contributed by atoms with Gasteiger partial charge in [0.05, 0.1) is 59.2 Å². The van der Waals surface area contributed by atoms with Gasteiger partial charge in [0.25, 0.3) is 0 Å². The lowest BCUT2D eigenvalue weighted by Crippen LogP contribution is -2.56. The molecule has 0 saturated carbocycles. The van der Waals surface area contributed by atoms with Crippen LogP contribution in [0.1, 0.15) is 58.3 Å². The number of nitrogens with two attached hydrogens (primary N) is 1. The third kappa shape index (κ3) is 6.98. The Hall–Kier alpha value is -4.05. The molecule has 3 N–H and O–H groups in total. The molecule has 3 unspecified atom stereocenters. The van der Waals surface area contributed by atoms with Gasteiger partial charge in [0, 0.05) is 25.0 Å². The molecule has 2 aliphatic rings. The molecular formula is C31H29F9N4O3. The fourth-order valence-corrected chi connectivity index (χ4v) is 6.27. The summed E-state index contributed by atoms with van der Waals surface area (Å²) in [6.45, 7) is 3.10. The standard InChI is InChI=1S/C31H29F9N4O3/c1-2-23-26(41)25(22-14-18(29(32,33)34)3-4-24(22)44(23)28(45)46)27-17(12-21(15-42-27)43-5-7-47-8-6-43)9-16-10-19(30(35,36)37)13-20(11-16)31(38,39)40/h3-4,10-15,23,25-26H,2,5-9,41H2,1H3,(H,45,46). The lowest BCUT2D eigenvalue weighted by molar-refractivity contribution is -0.143. The topological polar surface area (TPSA) is 91.9 Å². The number of morpholine rings is 1. The Bertz CT molecular complexity index is 1600. The van der Waals surface area contributed by atoms with E-state index in [1.165, 1.54) is 12.3 Å². The van der Waals surface area contributed by atoms with Gasteiger partial charge in [-0.2, -0.15) is 39.5 Å². The zero-order valence-corrected chi connectivity index (χ0v) is 24.7. The SMILES string of the molecule is CCC1C(N)C(c2ncc(N3CCOCC3)cc2Cc2cc(C(F)(F)F)cc(C(F)(F)F)c2)c2cc(C(F)(F)F)ccc2N1C(=O)O. The summed E-state index contributed by atoms with van der Waals surface area (Å²) in [6.07, 6.45) is -15.5. The number of fused-ring (bicyclic) bond motifs is 1. The molecule has 1 fully saturated rings. The molecule has 1 amide bonds. The molecule has 0 aliphatic carbocycles. The normalized spacial score (nSPS) is 20.7. The third-order valence-corrected chi connectivity index (χ3v) is 8.43. The molecular weight excluding hydrogens is 647 g/mol. The highest BCUT2D eigenvalue weighted by molar-refractivity contribution is 5.89. The van der Waals surface area contributed by atoms with Crippen molar-refractivity contribution in [3.05, 3.63) is 87.7 Å². The van der Waals surface area contributed by atoms with Gasteiger partial charge >= 0.3 is 24.6 Å². The first-order valence-corrected chi connectivity index (χ1v) is 14.5.